The summed E-state index contributed by atoms with van der Waals surface area (Å²) in [6.45, 7) is 0. The Bertz CT molecular complexity index is 746. The molecule has 3 rings (SSSR count). The van der Waals surface area contributed by atoms with Gasteiger partial charge in [-0.1, -0.05) is 6.07 Å². The van der Waals surface area contributed by atoms with E-state index < -0.39 is 5.82 Å². The molecule has 3 aromatic rings. The largest absolute Gasteiger partial charge is 0.436 e. The van der Waals surface area contributed by atoms with Gasteiger partial charge in [0.05, 0.1) is 11.7 Å². The minimum atomic E-state index is -0.676. The van der Waals surface area contributed by atoms with Crippen molar-refractivity contribution in [3.8, 4) is 11.6 Å². The normalized spacial score (nSPS) is 10.6. The maximum Gasteiger partial charge on any atom is 0.260 e. The van der Waals surface area contributed by atoms with Gasteiger partial charge in [0.2, 0.25) is 11.1 Å². The molecule has 0 unspecified atom stereocenters. The minimum absolute atomic E-state index is 0.0743. The van der Waals surface area contributed by atoms with Gasteiger partial charge in [0, 0.05) is 11.6 Å². The zero-order chi connectivity index (χ0) is 13.2. The lowest BCUT2D eigenvalue weighted by molar-refractivity contribution is 0.423. The lowest BCUT2D eigenvalue weighted by atomic mass is 10.2. The van der Waals surface area contributed by atoms with E-state index in [2.05, 4.69) is 15.0 Å². The summed E-state index contributed by atoms with van der Waals surface area (Å²) in [5.41, 5.74) is 0.751. The Morgan fingerprint density at radius 1 is 1.11 bits per heavy atom. The first-order valence-corrected chi connectivity index (χ1v) is 5.81. The van der Waals surface area contributed by atoms with Crippen LogP contribution in [0.25, 0.3) is 10.9 Å². The van der Waals surface area contributed by atoms with Crippen LogP contribution in [0.5, 0.6) is 11.6 Å². The van der Waals surface area contributed by atoms with Gasteiger partial charge < -0.3 is 4.74 Å². The van der Waals surface area contributed by atoms with Gasteiger partial charge >= 0.3 is 0 Å². The molecule has 1 aromatic carbocycles. The Labute approximate surface area is 112 Å². The average Bonchev–Trinajstić information content (AvgIpc) is 2.43. The van der Waals surface area contributed by atoms with Gasteiger partial charge in [0.25, 0.3) is 5.88 Å². The third-order valence-corrected chi connectivity index (χ3v) is 2.68. The lowest BCUT2D eigenvalue weighted by Gasteiger charge is -2.08. The Hall–Kier alpha value is -2.27. The summed E-state index contributed by atoms with van der Waals surface area (Å²) in [5.74, 6) is -0.430. The van der Waals surface area contributed by atoms with Crippen molar-refractivity contribution in [2.45, 2.75) is 0 Å². The third-order valence-electron chi connectivity index (χ3n) is 2.49. The fraction of sp³-hybridized carbons (Fsp3) is 0. The van der Waals surface area contributed by atoms with Crippen molar-refractivity contribution >= 4 is 22.5 Å². The quantitative estimate of drug-likeness (QED) is 0.670. The van der Waals surface area contributed by atoms with Gasteiger partial charge in [0.15, 0.2) is 0 Å². The second-order valence-electron chi connectivity index (χ2n) is 3.72. The van der Waals surface area contributed by atoms with Crippen LogP contribution >= 0.6 is 11.6 Å². The summed E-state index contributed by atoms with van der Waals surface area (Å²) in [4.78, 5) is 11.4. The summed E-state index contributed by atoms with van der Waals surface area (Å²) in [6.07, 6.45) is 2.64. The van der Waals surface area contributed by atoms with Crippen molar-refractivity contribution in [2.75, 3.05) is 0 Å². The van der Waals surface area contributed by atoms with E-state index in [0.29, 0.717) is 5.75 Å². The zero-order valence-electron chi connectivity index (χ0n) is 9.55. The van der Waals surface area contributed by atoms with Crippen LogP contribution in [0.3, 0.4) is 0 Å². The van der Waals surface area contributed by atoms with Crippen LogP contribution in [0.2, 0.25) is 5.28 Å². The number of nitrogens with zero attached hydrogens (tertiary/aromatic N) is 3. The highest BCUT2D eigenvalue weighted by atomic mass is 35.5. The van der Waals surface area contributed by atoms with E-state index in [1.807, 2.05) is 12.1 Å². The molecule has 0 bridgehead atoms. The molecule has 94 valence electrons. The summed E-state index contributed by atoms with van der Waals surface area (Å²) < 4.78 is 19.0. The molecule has 0 aliphatic carbocycles. The highest BCUT2D eigenvalue weighted by molar-refractivity contribution is 6.28. The number of hydrogen-bond donors (Lipinski definition) is 0. The molecule has 0 aliphatic rings. The van der Waals surface area contributed by atoms with Crippen molar-refractivity contribution in [1.29, 1.82) is 0 Å². The Morgan fingerprint density at radius 2 is 2.00 bits per heavy atom. The number of ether oxygens (including phenoxy) is 1. The molecule has 0 spiro atoms. The molecule has 19 heavy (non-hydrogen) atoms. The van der Waals surface area contributed by atoms with E-state index in [1.54, 1.807) is 24.4 Å². The fourth-order valence-electron chi connectivity index (χ4n) is 1.67. The number of fused-ring (bicyclic) bond motifs is 1. The highest BCUT2D eigenvalue weighted by Crippen LogP contribution is 2.29. The van der Waals surface area contributed by atoms with Crippen LogP contribution in [-0.2, 0) is 0 Å². The summed E-state index contributed by atoms with van der Waals surface area (Å²) >= 11 is 5.62. The van der Waals surface area contributed by atoms with Crippen LogP contribution in [0.15, 0.2) is 42.7 Å². The second-order valence-corrected chi connectivity index (χ2v) is 4.06. The van der Waals surface area contributed by atoms with Crippen molar-refractivity contribution in [2.24, 2.45) is 0 Å². The second kappa shape index (κ2) is 4.78. The van der Waals surface area contributed by atoms with E-state index in [0.717, 1.165) is 17.1 Å². The van der Waals surface area contributed by atoms with Crippen LogP contribution in [0.1, 0.15) is 0 Å². The van der Waals surface area contributed by atoms with Crippen LogP contribution in [-0.4, -0.2) is 15.0 Å². The maximum atomic E-state index is 13.5. The third kappa shape index (κ3) is 2.32. The van der Waals surface area contributed by atoms with Crippen molar-refractivity contribution in [1.82, 2.24) is 15.0 Å². The molecule has 2 aromatic heterocycles. The molecule has 0 radical (unpaired) electrons. The number of benzene rings is 1. The van der Waals surface area contributed by atoms with Gasteiger partial charge in [-0.05, 0) is 35.9 Å². The van der Waals surface area contributed by atoms with Gasteiger partial charge in [-0.3, -0.25) is 4.98 Å². The molecule has 0 fully saturated rings. The first-order valence-electron chi connectivity index (χ1n) is 5.44. The minimum Gasteiger partial charge on any atom is -0.436 e. The van der Waals surface area contributed by atoms with Gasteiger partial charge in [-0.2, -0.15) is 9.37 Å². The number of hydrogen-bond acceptors (Lipinski definition) is 4. The lowest BCUT2D eigenvalue weighted by Crippen LogP contribution is -1.95. The highest BCUT2D eigenvalue weighted by Gasteiger charge is 2.10. The molecule has 0 saturated heterocycles. The predicted octanol–water partition coefficient (Wildman–Crippen LogP) is 3.61. The standard InChI is InChI=1S/C13H7ClFN3O/c14-13-17-7-9(15)12(18-13)19-11-5-1-4-10-8(11)3-2-6-16-10/h1-7H. The van der Waals surface area contributed by atoms with E-state index in [4.69, 9.17) is 16.3 Å². The topological polar surface area (TPSA) is 47.9 Å². The SMILES string of the molecule is Fc1cnc(Cl)nc1Oc1cccc2ncccc12. The molecule has 0 N–H and O–H groups in total. The molecule has 0 saturated carbocycles. The predicted molar refractivity (Wildman–Crippen MR) is 68.8 cm³/mol. The molecular formula is C13H7ClFN3O. The zero-order valence-corrected chi connectivity index (χ0v) is 10.3. The van der Waals surface area contributed by atoms with Crippen molar-refractivity contribution in [3.63, 3.8) is 0 Å². The summed E-state index contributed by atoms with van der Waals surface area (Å²) in [5, 5.41) is 0.689. The van der Waals surface area contributed by atoms with Crippen molar-refractivity contribution in [3.05, 3.63) is 53.8 Å². The molecule has 6 heteroatoms. The Balaban J connectivity index is 2.08. The van der Waals surface area contributed by atoms with Crippen molar-refractivity contribution < 1.29 is 9.13 Å². The van der Waals surface area contributed by atoms with E-state index in [1.165, 1.54) is 0 Å². The van der Waals surface area contributed by atoms with Gasteiger partial charge in [-0.15, -0.1) is 0 Å². The Kier molecular flexibility index (Phi) is 2.97. The van der Waals surface area contributed by atoms with E-state index >= 15 is 0 Å². The number of aromatic nitrogens is 3. The molecular weight excluding hydrogens is 269 g/mol. The maximum absolute atomic E-state index is 13.5. The molecule has 0 amide bonds. The molecule has 4 nitrogen and oxygen atoms in total. The van der Waals surface area contributed by atoms with E-state index in [-0.39, 0.29) is 11.2 Å². The number of rotatable bonds is 2. The first-order chi connectivity index (χ1) is 9.24. The summed E-state index contributed by atoms with van der Waals surface area (Å²) in [7, 11) is 0. The molecule has 0 aliphatic heterocycles. The monoisotopic (exact) mass is 275 g/mol. The smallest absolute Gasteiger partial charge is 0.260 e. The van der Waals surface area contributed by atoms with Gasteiger partial charge in [-0.25, -0.2) is 4.98 Å². The average molecular weight is 276 g/mol. The van der Waals surface area contributed by atoms with Crippen LogP contribution < -0.4 is 4.74 Å². The molecule has 0 atom stereocenters. The number of halogens is 2. The Morgan fingerprint density at radius 3 is 2.89 bits per heavy atom. The molecule has 2 heterocycles. The number of pyridine rings is 1. The van der Waals surface area contributed by atoms with E-state index in [9.17, 15) is 4.39 Å². The first kappa shape index (κ1) is 11.8. The van der Waals surface area contributed by atoms with Crippen LogP contribution in [0, 0.1) is 5.82 Å². The fourth-order valence-corrected chi connectivity index (χ4v) is 1.80. The van der Waals surface area contributed by atoms with Gasteiger partial charge in [0.1, 0.15) is 5.75 Å². The summed E-state index contributed by atoms with van der Waals surface area (Å²) in [6, 6.07) is 8.92. The van der Waals surface area contributed by atoms with Crippen LogP contribution in [0.4, 0.5) is 4.39 Å².